The van der Waals surface area contributed by atoms with Crippen LogP contribution in [0.25, 0.3) is 0 Å². The van der Waals surface area contributed by atoms with Crippen LogP contribution >= 0.6 is 12.6 Å². The summed E-state index contributed by atoms with van der Waals surface area (Å²) in [6.45, 7) is 0. The van der Waals surface area contributed by atoms with E-state index < -0.39 is 11.2 Å². The molecule has 8 heavy (non-hydrogen) atoms. The maximum absolute atomic E-state index is 9.56. The van der Waals surface area contributed by atoms with Crippen molar-refractivity contribution in [2.75, 3.05) is 12.5 Å². The van der Waals surface area contributed by atoms with Gasteiger partial charge in [0.2, 0.25) is 0 Å². The maximum Gasteiger partial charge on any atom is 0.130 e. The number of hydrogen-bond acceptors (Lipinski definition) is 4. The SMILES string of the molecule is C[S+](C)[O-].N.N#CS. The van der Waals surface area contributed by atoms with Gasteiger partial charge in [0.1, 0.15) is 5.40 Å². The van der Waals surface area contributed by atoms with Crippen LogP contribution in [0.5, 0.6) is 0 Å². The first-order valence-electron chi connectivity index (χ1n) is 1.43. The largest absolute Gasteiger partial charge is 0.617 e. The molecule has 5 heteroatoms. The molecule has 0 aliphatic heterocycles. The van der Waals surface area contributed by atoms with Crippen molar-refractivity contribution in [1.82, 2.24) is 6.15 Å². The van der Waals surface area contributed by atoms with E-state index >= 15 is 0 Å². The van der Waals surface area contributed by atoms with Gasteiger partial charge in [-0.2, -0.15) is 5.26 Å². The summed E-state index contributed by atoms with van der Waals surface area (Å²) in [6, 6.07) is 0. The van der Waals surface area contributed by atoms with Gasteiger partial charge in [0, 0.05) is 0 Å². The smallest absolute Gasteiger partial charge is 0.130 e. The molecule has 0 aromatic carbocycles. The predicted octanol–water partition coefficient (Wildman–Crippen LogP) is 0.554. The van der Waals surface area contributed by atoms with E-state index in [2.05, 4.69) is 12.6 Å². The Labute approximate surface area is 58.3 Å². The molecule has 0 aromatic heterocycles. The van der Waals surface area contributed by atoms with Crippen LogP contribution in [0.4, 0.5) is 0 Å². The fourth-order valence-electron chi connectivity index (χ4n) is 0. The summed E-state index contributed by atoms with van der Waals surface area (Å²) in [7, 11) is 0. The maximum atomic E-state index is 9.56. The average molecular weight is 154 g/mol. The molecule has 0 spiro atoms. The van der Waals surface area contributed by atoms with Crippen LogP contribution in [0.15, 0.2) is 0 Å². The van der Waals surface area contributed by atoms with Crippen LogP contribution in [0.1, 0.15) is 0 Å². The third-order valence-corrected chi connectivity index (χ3v) is 0. The summed E-state index contributed by atoms with van der Waals surface area (Å²) < 4.78 is 9.56. The lowest BCUT2D eigenvalue weighted by atomic mass is 11.8. The molecule has 0 unspecified atom stereocenters. The standard InChI is InChI=1S/C2H6OS.CHNS.H3N/c1-4(2)3;2-1-3;/h1-2H3;3H;1H3. The van der Waals surface area contributed by atoms with Crippen LogP contribution in [0.3, 0.4) is 0 Å². The molecular weight excluding hydrogens is 144 g/mol. The van der Waals surface area contributed by atoms with Gasteiger partial charge in [-0.1, -0.05) is 23.8 Å². The van der Waals surface area contributed by atoms with Gasteiger partial charge in [-0.3, -0.25) is 0 Å². The fourth-order valence-corrected chi connectivity index (χ4v) is 0. The molecule has 0 fully saturated rings. The van der Waals surface area contributed by atoms with Crippen molar-refractivity contribution in [3.63, 3.8) is 0 Å². The second-order valence-corrected chi connectivity index (χ2v) is 2.52. The molecule has 3 nitrogen and oxygen atoms in total. The summed E-state index contributed by atoms with van der Waals surface area (Å²) in [5.74, 6) is 0. The number of thiol groups is 1. The molecular formula is C3H10N2OS2. The highest BCUT2D eigenvalue weighted by Gasteiger charge is 1.66. The fraction of sp³-hybridized carbons (Fsp3) is 0.667. The van der Waals surface area contributed by atoms with E-state index in [1.165, 1.54) is 5.40 Å². The summed E-state index contributed by atoms with van der Waals surface area (Å²) in [4.78, 5) is 0. The Bertz CT molecular complexity index is 58.0. The van der Waals surface area contributed by atoms with Crippen LogP contribution < -0.4 is 6.15 Å². The van der Waals surface area contributed by atoms with Crippen LogP contribution in [0, 0.1) is 10.7 Å². The van der Waals surface area contributed by atoms with E-state index in [0.29, 0.717) is 0 Å². The zero-order valence-corrected chi connectivity index (χ0v) is 6.63. The van der Waals surface area contributed by atoms with Gasteiger partial charge in [-0.05, 0) is 0 Å². The van der Waals surface area contributed by atoms with Crippen molar-refractivity contribution in [3.05, 3.63) is 0 Å². The van der Waals surface area contributed by atoms with Crippen molar-refractivity contribution in [3.8, 4) is 5.40 Å². The molecule has 0 aliphatic rings. The van der Waals surface area contributed by atoms with Crippen molar-refractivity contribution < 1.29 is 4.55 Å². The van der Waals surface area contributed by atoms with Gasteiger partial charge < -0.3 is 10.7 Å². The minimum atomic E-state index is -0.611. The summed E-state index contributed by atoms with van der Waals surface area (Å²) >= 11 is 2.48. The van der Waals surface area contributed by atoms with Gasteiger partial charge in [0.05, 0.1) is 12.5 Å². The van der Waals surface area contributed by atoms with Crippen molar-refractivity contribution in [1.29, 1.82) is 5.26 Å². The van der Waals surface area contributed by atoms with Crippen LogP contribution in [0.2, 0.25) is 0 Å². The lowest BCUT2D eigenvalue weighted by molar-refractivity contribution is 0.606. The van der Waals surface area contributed by atoms with Gasteiger partial charge in [0.15, 0.2) is 0 Å². The Hall–Kier alpha value is 0.110. The van der Waals surface area contributed by atoms with Crippen molar-refractivity contribution in [2.45, 2.75) is 0 Å². The van der Waals surface area contributed by atoms with Crippen molar-refractivity contribution in [2.24, 2.45) is 0 Å². The molecule has 0 heterocycles. The predicted molar refractivity (Wildman–Crippen MR) is 39.6 cm³/mol. The highest BCUT2D eigenvalue weighted by atomic mass is 32.2. The van der Waals surface area contributed by atoms with E-state index in [0.717, 1.165) is 0 Å². The summed E-state index contributed by atoms with van der Waals surface area (Å²) in [6.07, 6.45) is 3.28. The lowest BCUT2D eigenvalue weighted by Crippen LogP contribution is -1.86. The molecule has 0 bridgehead atoms. The van der Waals surface area contributed by atoms with Crippen LogP contribution in [-0.2, 0) is 11.2 Å². The van der Waals surface area contributed by atoms with Gasteiger partial charge in [-0.25, -0.2) is 0 Å². The summed E-state index contributed by atoms with van der Waals surface area (Å²) in [5.41, 5.74) is 0. The number of hydrogen-bond donors (Lipinski definition) is 2. The minimum Gasteiger partial charge on any atom is -0.617 e. The first-order chi connectivity index (χ1) is 3.15. The Kier molecular flexibility index (Phi) is 30.8. The zero-order valence-electron chi connectivity index (χ0n) is 4.92. The average Bonchev–Trinajstić information content (AvgIpc) is 1.33. The first-order valence-corrected chi connectivity index (χ1v) is 3.84. The van der Waals surface area contributed by atoms with Gasteiger partial charge in [0.25, 0.3) is 0 Å². The summed E-state index contributed by atoms with van der Waals surface area (Å²) in [5, 5.41) is 8.63. The third kappa shape index (κ3) is 13200. The first kappa shape index (κ1) is 15.7. The third-order valence-electron chi connectivity index (χ3n) is 0. The minimum absolute atomic E-state index is 0. The highest BCUT2D eigenvalue weighted by molar-refractivity contribution is 7.89. The molecule has 0 saturated carbocycles. The molecule has 0 rings (SSSR count). The Morgan fingerprint density at radius 1 is 1.62 bits per heavy atom. The molecule has 50 valence electrons. The Morgan fingerprint density at radius 3 is 1.62 bits per heavy atom. The van der Waals surface area contributed by atoms with E-state index in [4.69, 9.17) is 5.26 Å². The molecule has 0 aromatic rings. The quantitative estimate of drug-likeness (QED) is 0.304. The monoisotopic (exact) mass is 154 g/mol. The van der Waals surface area contributed by atoms with E-state index in [-0.39, 0.29) is 6.15 Å². The number of nitriles is 1. The number of thiocyanates is 1. The van der Waals surface area contributed by atoms with Crippen molar-refractivity contribution >= 4 is 23.8 Å². The topological polar surface area (TPSA) is 81.8 Å². The molecule has 0 atom stereocenters. The molecule has 3 N–H and O–H groups in total. The highest BCUT2D eigenvalue weighted by Crippen LogP contribution is 1.61. The van der Waals surface area contributed by atoms with Crippen LogP contribution in [-0.4, -0.2) is 17.1 Å². The number of rotatable bonds is 0. The molecule has 0 saturated heterocycles. The zero-order chi connectivity index (χ0) is 6.28. The Morgan fingerprint density at radius 2 is 1.62 bits per heavy atom. The van der Waals surface area contributed by atoms with E-state index in [9.17, 15) is 4.55 Å². The second-order valence-electron chi connectivity index (χ2n) is 0.842. The van der Waals surface area contributed by atoms with E-state index in [1.807, 2.05) is 0 Å². The Balaban J connectivity index is -0.0000000575. The molecule has 0 amide bonds. The molecule has 0 aliphatic carbocycles. The van der Waals surface area contributed by atoms with Gasteiger partial charge in [-0.15, -0.1) is 0 Å². The second kappa shape index (κ2) is 15.7. The normalized spacial score (nSPS) is 5.50. The van der Waals surface area contributed by atoms with E-state index in [1.54, 1.807) is 12.5 Å². The number of nitrogens with zero attached hydrogens (tertiary/aromatic N) is 1. The van der Waals surface area contributed by atoms with Gasteiger partial charge >= 0.3 is 0 Å². The molecule has 0 radical (unpaired) electrons. The lowest BCUT2D eigenvalue weighted by Gasteiger charge is -1.87.